The van der Waals surface area contributed by atoms with E-state index in [2.05, 4.69) is 0 Å². The monoisotopic (exact) mass is 208 g/mol. The smallest absolute Gasteiger partial charge is 0.207 e. The predicted octanol–water partition coefficient (Wildman–Crippen LogP) is 3.13. The molecule has 1 aromatic carbocycles. The molecule has 0 aliphatic heterocycles. The molecule has 0 amide bonds. The highest BCUT2D eigenvalue weighted by molar-refractivity contribution is 7.22. The van der Waals surface area contributed by atoms with E-state index in [-0.39, 0.29) is 14.0 Å². The van der Waals surface area contributed by atoms with E-state index in [0.717, 1.165) is 0 Å². The second-order valence-corrected chi connectivity index (χ2v) is 3.68. The van der Waals surface area contributed by atoms with Crippen molar-refractivity contribution in [2.24, 2.45) is 0 Å². The Morgan fingerprint density at radius 1 is 1.27 bits per heavy atom. The van der Waals surface area contributed by atoms with Crippen molar-refractivity contribution >= 4 is 30.3 Å². The van der Waals surface area contributed by atoms with Gasteiger partial charge in [-0.05, 0) is 18.6 Å². The molecule has 11 heavy (non-hydrogen) atoms. The first-order valence-electron chi connectivity index (χ1n) is 2.89. The molecule has 0 aromatic heterocycles. The van der Waals surface area contributed by atoms with Crippen LogP contribution in [0, 0.1) is 12.7 Å². The van der Waals surface area contributed by atoms with Crippen LogP contribution in [0.25, 0.3) is 0 Å². The maximum atomic E-state index is 12.3. The third-order valence-corrected chi connectivity index (χ3v) is 1.08. The van der Waals surface area contributed by atoms with Gasteiger partial charge in [0.05, 0.1) is 0 Å². The molecule has 4 heteroatoms. The van der Waals surface area contributed by atoms with Gasteiger partial charge in [-0.2, -0.15) is 0 Å². The SMILES string of the molecule is Cc1ccccc1F.Cl[Si]Cl. The summed E-state index contributed by atoms with van der Waals surface area (Å²) < 4.78 is 12.3. The molecule has 0 fully saturated rings. The normalized spacial score (nSPS) is 8.36. The number of hydrogen-bond acceptors (Lipinski definition) is 0. The Hall–Kier alpha value is -0.0531. The van der Waals surface area contributed by atoms with Crippen molar-refractivity contribution in [3.05, 3.63) is 35.6 Å². The van der Waals surface area contributed by atoms with Gasteiger partial charge in [-0.15, -0.1) is 22.2 Å². The molecule has 1 rings (SSSR count). The molecule has 0 bridgehead atoms. The molecule has 1 aromatic rings. The molecule has 0 saturated heterocycles. The zero-order chi connectivity index (χ0) is 8.69. The Kier molecular flexibility index (Phi) is 6.61. The quantitative estimate of drug-likeness (QED) is 0.455. The number of hydrogen-bond donors (Lipinski definition) is 0. The molecule has 0 unspecified atom stereocenters. The van der Waals surface area contributed by atoms with Crippen LogP contribution in [0.5, 0.6) is 0 Å². The molecule has 60 valence electrons. The molecule has 2 radical (unpaired) electrons. The molecule has 0 atom stereocenters. The summed E-state index contributed by atoms with van der Waals surface area (Å²) in [6, 6.07) is 6.70. The van der Waals surface area contributed by atoms with Crippen LogP contribution in [0.2, 0.25) is 0 Å². The molecule has 0 N–H and O–H groups in total. The summed E-state index contributed by atoms with van der Waals surface area (Å²) in [7, 11) is 0.0278. The van der Waals surface area contributed by atoms with Gasteiger partial charge in [0.25, 0.3) is 8.14 Å². The molecular weight excluding hydrogens is 202 g/mol. The molecule has 0 heterocycles. The van der Waals surface area contributed by atoms with E-state index in [4.69, 9.17) is 22.2 Å². The second kappa shape index (κ2) is 6.64. The van der Waals surface area contributed by atoms with Gasteiger partial charge < -0.3 is 0 Å². The molecule has 0 saturated carbocycles. The van der Waals surface area contributed by atoms with Gasteiger partial charge in [0.2, 0.25) is 0 Å². The minimum atomic E-state index is -0.132. The Labute approximate surface area is 77.6 Å². The van der Waals surface area contributed by atoms with Crippen molar-refractivity contribution < 1.29 is 4.39 Å². The van der Waals surface area contributed by atoms with Crippen LogP contribution < -0.4 is 0 Å². The first kappa shape index (κ1) is 10.9. The third kappa shape index (κ3) is 5.24. The highest BCUT2D eigenvalue weighted by Gasteiger charge is 1.88. The summed E-state index contributed by atoms with van der Waals surface area (Å²) in [5.74, 6) is -0.132. The van der Waals surface area contributed by atoms with E-state index < -0.39 is 0 Å². The summed E-state index contributed by atoms with van der Waals surface area (Å²) in [6.45, 7) is 1.75. The maximum Gasteiger partial charge on any atom is 0.295 e. The average molecular weight is 209 g/mol. The topological polar surface area (TPSA) is 0 Å². The Balaban J connectivity index is 0.000000292. The molecule has 0 aliphatic rings. The highest BCUT2D eigenvalue weighted by Crippen LogP contribution is 2.01. The fourth-order valence-electron chi connectivity index (χ4n) is 0.551. The van der Waals surface area contributed by atoms with Gasteiger partial charge in [-0.3, -0.25) is 0 Å². The molecule has 0 nitrogen and oxygen atoms in total. The van der Waals surface area contributed by atoms with E-state index >= 15 is 0 Å². The lowest BCUT2D eigenvalue weighted by molar-refractivity contribution is 0.618. The van der Waals surface area contributed by atoms with Crippen LogP contribution in [-0.4, -0.2) is 8.14 Å². The van der Waals surface area contributed by atoms with E-state index in [1.807, 2.05) is 6.07 Å². The fraction of sp³-hybridized carbons (Fsp3) is 0.143. The Morgan fingerprint density at radius 3 is 2.00 bits per heavy atom. The lowest BCUT2D eigenvalue weighted by Gasteiger charge is -1.89. The predicted molar refractivity (Wildman–Crippen MR) is 48.6 cm³/mol. The summed E-state index contributed by atoms with van der Waals surface area (Å²) in [5.41, 5.74) is 0.701. The van der Waals surface area contributed by atoms with E-state index in [0.29, 0.717) is 5.56 Å². The largest absolute Gasteiger partial charge is 0.295 e. The van der Waals surface area contributed by atoms with Crippen LogP contribution in [0.3, 0.4) is 0 Å². The zero-order valence-corrected chi connectivity index (χ0v) is 8.46. The Bertz CT molecular complexity index is 184. The number of benzene rings is 1. The average Bonchev–Trinajstić information content (AvgIpc) is 1.97. The van der Waals surface area contributed by atoms with E-state index in [9.17, 15) is 4.39 Å². The number of halogens is 3. The van der Waals surface area contributed by atoms with Crippen molar-refractivity contribution in [1.82, 2.24) is 0 Å². The first-order chi connectivity index (χ1) is 5.22. The van der Waals surface area contributed by atoms with Crippen molar-refractivity contribution in [3.8, 4) is 0 Å². The second-order valence-electron chi connectivity index (χ2n) is 1.82. The number of rotatable bonds is 0. The van der Waals surface area contributed by atoms with Crippen molar-refractivity contribution in [1.29, 1.82) is 0 Å². The summed E-state index contributed by atoms with van der Waals surface area (Å²) in [6.07, 6.45) is 0. The van der Waals surface area contributed by atoms with Crippen molar-refractivity contribution in [2.75, 3.05) is 0 Å². The van der Waals surface area contributed by atoms with Crippen LogP contribution in [0.4, 0.5) is 4.39 Å². The zero-order valence-electron chi connectivity index (χ0n) is 5.94. The summed E-state index contributed by atoms with van der Waals surface area (Å²) in [4.78, 5) is 0. The van der Waals surface area contributed by atoms with Gasteiger partial charge in [-0.1, -0.05) is 18.2 Å². The van der Waals surface area contributed by atoms with Crippen LogP contribution in [-0.2, 0) is 0 Å². The van der Waals surface area contributed by atoms with Crippen molar-refractivity contribution in [2.45, 2.75) is 6.92 Å². The fourth-order valence-corrected chi connectivity index (χ4v) is 0.551. The minimum Gasteiger partial charge on any atom is -0.207 e. The van der Waals surface area contributed by atoms with E-state index in [1.165, 1.54) is 6.07 Å². The van der Waals surface area contributed by atoms with E-state index in [1.54, 1.807) is 19.1 Å². The lowest BCUT2D eigenvalue weighted by Crippen LogP contribution is -1.76. The standard InChI is InChI=1S/C7H7F.Cl2Si/c1-6-4-2-3-5-7(6)8;1-3-2/h2-5H,1H3;. The first-order valence-corrected chi connectivity index (χ1v) is 5.92. The Morgan fingerprint density at radius 2 is 1.73 bits per heavy atom. The van der Waals surface area contributed by atoms with Crippen LogP contribution in [0.15, 0.2) is 24.3 Å². The van der Waals surface area contributed by atoms with Crippen LogP contribution in [0.1, 0.15) is 5.56 Å². The maximum absolute atomic E-state index is 12.3. The van der Waals surface area contributed by atoms with Gasteiger partial charge in [0.1, 0.15) is 5.82 Å². The summed E-state index contributed by atoms with van der Waals surface area (Å²) >= 11 is 9.58. The molecular formula is C7H7Cl2FSi. The minimum absolute atomic E-state index is 0.0278. The third-order valence-electron chi connectivity index (χ3n) is 1.08. The lowest BCUT2D eigenvalue weighted by atomic mass is 10.2. The summed E-state index contributed by atoms with van der Waals surface area (Å²) in [5, 5.41) is 0. The van der Waals surface area contributed by atoms with Gasteiger partial charge in [-0.25, -0.2) is 4.39 Å². The molecule has 0 aliphatic carbocycles. The highest BCUT2D eigenvalue weighted by atomic mass is 35.7. The molecule has 0 spiro atoms. The van der Waals surface area contributed by atoms with Gasteiger partial charge >= 0.3 is 0 Å². The van der Waals surface area contributed by atoms with Gasteiger partial charge in [0, 0.05) is 0 Å². The number of aryl methyl sites for hydroxylation is 1. The van der Waals surface area contributed by atoms with Gasteiger partial charge in [0.15, 0.2) is 0 Å². The van der Waals surface area contributed by atoms with Crippen molar-refractivity contribution in [3.63, 3.8) is 0 Å². The van der Waals surface area contributed by atoms with Crippen LogP contribution >= 0.6 is 22.2 Å².